The lowest BCUT2D eigenvalue weighted by atomic mass is 10.2. The van der Waals surface area contributed by atoms with Crippen LogP contribution in [0.5, 0.6) is 0 Å². The van der Waals surface area contributed by atoms with Gasteiger partial charge in [0.15, 0.2) is 0 Å². The molecule has 0 atom stereocenters. The first-order valence-corrected chi connectivity index (χ1v) is 9.55. The van der Waals surface area contributed by atoms with E-state index in [4.69, 9.17) is 16.1 Å². The zero-order valence-corrected chi connectivity index (χ0v) is 15.3. The Bertz CT molecular complexity index is 1020. The summed E-state index contributed by atoms with van der Waals surface area (Å²) < 4.78 is 45.3. The Balaban J connectivity index is 1.62. The summed E-state index contributed by atoms with van der Waals surface area (Å²) in [5.41, 5.74) is 1.00. The third kappa shape index (κ3) is 4.27. The minimum Gasteiger partial charge on any atom is -0.339 e. The van der Waals surface area contributed by atoms with Crippen LogP contribution in [0.25, 0.3) is 11.4 Å². The number of sulfonamides is 1. The predicted molar refractivity (Wildman–Crippen MR) is 94.8 cm³/mol. The number of benzene rings is 2. The second-order valence-electron chi connectivity index (χ2n) is 5.58. The number of hydrogen-bond acceptors (Lipinski definition) is 5. The minimum absolute atomic E-state index is 0.00350. The van der Waals surface area contributed by atoms with Crippen LogP contribution in [0.15, 0.2) is 51.9 Å². The average molecular weight is 396 g/mol. The zero-order valence-electron chi connectivity index (χ0n) is 13.7. The molecule has 0 amide bonds. The molecule has 1 N–H and O–H groups in total. The third-order valence-electron chi connectivity index (χ3n) is 3.64. The number of aromatic nitrogens is 2. The van der Waals surface area contributed by atoms with E-state index in [9.17, 15) is 12.8 Å². The summed E-state index contributed by atoms with van der Waals surface area (Å²) in [7, 11) is -3.74. The molecule has 0 unspecified atom stereocenters. The van der Waals surface area contributed by atoms with Gasteiger partial charge in [-0.3, -0.25) is 0 Å². The lowest BCUT2D eigenvalue weighted by Crippen LogP contribution is -2.26. The number of nitrogens with one attached hydrogen (secondary N) is 1. The van der Waals surface area contributed by atoms with Crippen LogP contribution >= 0.6 is 11.6 Å². The lowest BCUT2D eigenvalue weighted by molar-refractivity contribution is 0.379. The molecular formula is C17H15ClFN3O3S. The molecule has 3 rings (SSSR count). The van der Waals surface area contributed by atoms with E-state index in [1.807, 2.05) is 0 Å². The molecule has 0 bridgehead atoms. The zero-order chi connectivity index (χ0) is 18.7. The topological polar surface area (TPSA) is 85.1 Å². The van der Waals surface area contributed by atoms with E-state index in [2.05, 4.69) is 14.9 Å². The Hall–Kier alpha value is -2.29. The smallest absolute Gasteiger partial charge is 0.240 e. The second kappa shape index (κ2) is 7.53. The van der Waals surface area contributed by atoms with Crippen molar-refractivity contribution in [2.45, 2.75) is 18.2 Å². The van der Waals surface area contributed by atoms with E-state index < -0.39 is 15.8 Å². The van der Waals surface area contributed by atoms with E-state index in [0.29, 0.717) is 16.7 Å². The summed E-state index contributed by atoms with van der Waals surface area (Å²) in [6.07, 6.45) is 0.222. The van der Waals surface area contributed by atoms with Crippen LogP contribution in [-0.2, 0) is 16.4 Å². The van der Waals surface area contributed by atoms with Gasteiger partial charge in [0.2, 0.25) is 21.7 Å². The van der Waals surface area contributed by atoms with E-state index in [0.717, 1.165) is 11.6 Å². The first-order valence-electron chi connectivity index (χ1n) is 7.69. The molecule has 6 nitrogen and oxygen atoms in total. The van der Waals surface area contributed by atoms with Gasteiger partial charge in [-0.25, -0.2) is 17.5 Å². The molecule has 1 heterocycles. The fourth-order valence-electron chi connectivity index (χ4n) is 2.23. The summed E-state index contributed by atoms with van der Waals surface area (Å²) >= 11 is 5.83. The fourth-order valence-corrected chi connectivity index (χ4v) is 3.48. The summed E-state index contributed by atoms with van der Waals surface area (Å²) in [5, 5.41) is 4.46. The van der Waals surface area contributed by atoms with Crippen LogP contribution in [0.2, 0.25) is 5.02 Å². The van der Waals surface area contributed by atoms with Crippen molar-refractivity contribution in [1.29, 1.82) is 0 Å². The molecular weight excluding hydrogens is 381 g/mol. The summed E-state index contributed by atoms with van der Waals surface area (Å²) in [4.78, 5) is 4.23. The van der Waals surface area contributed by atoms with Crippen LogP contribution < -0.4 is 4.72 Å². The summed E-state index contributed by atoms with van der Waals surface area (Å²) in [5.74, 6) is 0.242. The highest BCUT2D eigenvalue weighted by Gasteiger charge is 2.16. The van der Waals surface area contributed by atoms with Gasteiger partial charge in [0.05, 0.1) is 4.90 Å². The Morgan fingerprint density at radius 3 is 2.62 bits per heavy atom. The minimum atomic E-state index is -3.74. The highest BCUT2D eigenvalue weighted by Crippen LogP contribution is 2.19. The fraction of sp³-hybridized carbons (Fsp3) is 0.176. The van der Waals surface area contributed by atoms with Gasteiger partial charge in [0, 0.05) is 23.6 Å². The molecule has 0 spiro atoms. The van der Waals surface area contributed by atoms with Crippen molar-refractivity contribution >= 4 is 21.6 Å². The number of rotatable bonds is 6. The van der Waals surface area contributed by atoms with E-state index in [-0.39, 0.29) is 23.4 Å². The maximum atomic E-state index is 13.3. The van der Waals surface area contributed by atoms with Crippen molar-refractivity contribution in [3.05, 3.63) is 64.8 Å². The first kappa shape index (κ1) is 18.5. The van der Waals surface area contributed by atoms with Crippen LogP contribution in [0.4, 0.5) is 4.39 Å². The molecule has 0 aliphatic heterocycles. The van der Waals surface area contributed by atoms with Crippen molar-refractivity contribution in [2.24, 2.45) is 0 Å². The van der Waals surface area contributed by atoms with Gasteiger partial charge in [0.25, 0.3) is 0 Å². The molecule has 3 aromatic rings. The highest BCUT2D eigenvalue weighted by atomic mass is 35.5. The van der Waals surface area contributed by atoms with Gasteiger partial charge >= 0.3 is 0 Å². The van der Waals surface area contributed by atoms with Gasteiger partial charge in [0.1, 0.15) is 5.82 Å². The number of hydrogen-bond donors (Lipinski definition) is 1. The quantitative estimate of drug-likeness (QED) is 0.691. The Labute approximate surface area is 155 Å². The normalized spacial score (nSPS) is 11.7. The molecule has 2 aromatic carbocycles. The van der Waals surface area contributed by atoms with Gasteiger partial charge in [-0.1, -0.05) is 16.8 Å². The maximum absolute atomic E-state index is 13.3. The molecule has 0 aliphatic rings. The predicted octanol–water partition coefficient (Wildman–Crippen LogP) is 3.36. The SMILES string of the molecule is Cc1cc(S(=O)(=O)NCCc2nc(-c3ccc(Cl)cc3)no2)ccc1F. The van der Waals surface area contributed by atoms with E-state index >= 15 is 0 Å². The lowest BCUT2D eigenvalue weighted by Gasteiger charge is -2.06. The van der Waals surface area contributed by atoms with E-state index in [1.165, 1.54) is 19.1 Å². The Kier molecular flexibility index (Phi) is 5.36. The monoisotopic (exact) mass is 395 g/mol. The molecule has 0 saturated heterocycles. The van der Waals surface area contributed by atoms with Crippen molar-refractivity contribution in [2.75, 3.05) is 6.54 Å². The van der Waals surface area contributed by atoms with Crippen LogP contribution in [0.1, 0.15) is 11.5 Å². The Morgan fingerprint density at radius 1 is 1.19 bits per heavy atom. The van der Waals surface area contributed by atoms with Gasteiger partial charge in [-0.15, -0.1) is 0 Å². The van der Waals surface area contributed by atoms with Crippen LogP contribution in [0.3, 0.4) is 0 Å². The molecule has 9 heteroatoms. The molecule has 0 aliphatic carbocycles. The number of halogens is 2. The summed E-state index contributed by atoms with van der Waals surface area (Å²) in [6, 6.07) is 10.6. The summed E-state index contributed by atoms with van der Waals surface area (Å²) in [6.45, 7) is 1.58. The van der Waals surface area contributed by atoms with Crippen molar-refractivity contribution in [3.8, 4) is 11.4 Å². The molecule has 0 radical (unpaired) electrons. The molecule has 1 aromatic heterocycles. The van der Waals surface area contributed by atoms with Crippen molar-refractivity contribution in [3.63, 3.8) is 0 Å². The largest absolute Gasteiger partial charge is 0.339 e. The van der Waals surface area contributed by atoms with Gasteiger partial charge < -0.3 is 4.52 Å². The third-order valence-corrected chi connectivity index (χ3v) is 5.35. The van der Waals surface area contributed by atoms with Crippen LogP contribution in [0, 0.1) is 12.7 Å². The second-order valence-corrected chi connectivity index (χ2v) is 7.78. The van der Waals surface area contributed by atoms with E-state index in [1.54, 1.807) is 24.3 Å². The first-order chi connectivity index (χ1) is 12.3. The molecule has 136 valence electrons. The van der Waals surface area contributed by atoms with Crippen molar-refractivity contribution in [1.82, 2.24) is 14.9 Å². The highest BCUT2D eigenvalue weighted by molar-refractivity contribution is 7.89. The number of aryl methyl sites for hydroxylation is 1. The maximum Gasteiger partial charge on any atom is 0.240 e. The standard InChI is InChI=1S/C17H15ClFN3O3S/c1-11-10-14(6-7-15(11)19)26(23,24)20-9-8-16-21-17(22-25-16)12-2-4-13(18)5-3-12/h2-7,10,20H,8-9H2,1H3. The van der Waals surface area contributed by atoms with Crippen LogP contribution in [-0.4, -0.2) is 25.1 Å². The van der Waals surface area contributed by atoms with Crippen molar-refractivity contribution < 1.29 is 17.3 Å². The molecule has 0 fully saturated rings. The average Bonchev–Trinajstić information content (AvgIpc) is 3.06. The molecule has 26 heavy (non-hydrogen) atoms. The molecule has 0 saturated carbocycles. The number of nitrogens with zero attached hydrogens (tertiary/aromatic N) is 2. The Morgan fingerprint density at radius 2 is 1.92 bits per heavy atom. The van der Waals surface area contributed by atoms with Gasteiger partial charge in [-0.2, -0.15) is 4.98 Å². The van der Waals surface area contributed by atoms with Gasteiger partial charge in [-0.05, 0) is 55.0 Å².